The van der Waals surface area contributed by atoms with Crippen molar-refractivity contribution < 1.29 is 9.53 Å². The molecule has 0 aromatic heterocycles. The molecule has 2 rings (SSSR count). The number of nitrogens with two attached hydrogens (primary N) is 1. The molecule has 134 valence electrons. The van der Waals surface area contributed by atoms with Crippen LogP contribution in [0, 0.1) is 33.6 Å². The van der Waals surface area contributed by atoms with Crippen molar-refractivity contribution >= 4 is 11.6 Å². The molecular weight excluding hydrogens is 302 g/mol. The highest BCUT2D eigenvalue weighted by molar-refractivity contribution is 5.85. The molecule has 1 heterocycles. The highest BCUT2D eigenvalue weighted by Crippen LogP contribution is 2.39. The second kappa shape index (κ2) is 7.01. The second-order valence-corrected chi connectivity index (χ2v) is 7.06. The van der Waals surface area contributed by atoms with Gasteiger partial charge in [-0.15, -0.1) is 0 Å². The van der Waals surface area contributed by atoms with Crippen LogP contribution < -0.4 is 21.1 Å². The van der Waals surface area contributed by atoms with E-state index in [9.17, 15) is 4.79 Å². The largest absolute Gasteiger partial charge is 0.477 e. The molecule has 1 aliphatic rings. The van der Waals surface area contributed by atoms with Crippen LogP contribution in [-0.2, 0) is 4.79 Å². The number of carbonyl (C=O) groups excluding carboxylic acids is 1. The summed E-state index contributed by atoms with van der Waals surface area (Å²) in [5, 5.41) is 6.15. The molecule has 24 heavy (non-hydrogen) atoms. The Labute approximate surface area is 145 Å². The fourth-order valence-corrected chi connectivity index (χ4v) is 3.61. The first-order chi connectivity index (χ1) is 11.2. The van der Waals surface area contributed by atoms with Crippen LogP contribution in [0.2, 0.25) is 0 Å². The lowest BCUT2D eigenvalue weighted by molar-refractivity contribution is -0.140. The normalized spacial score (nSPS) is 18.1. The van der Waals surface area contributed by atoms with E-state index in [2.05, 4.69) is 10.6 Å². The van der Waals surface area contributed by atoms with E-state index in [1.54, 1.807) is 7.05 Å². The molecule has 1 aromatic carbocycles. The highest BCUT2D eigenvalue weighted by Gasteiger charge is 2.44. The summed E-state index contributed by atoms with van der Waals surface area (Å²) >= 11 is 0. The number of rotatable bonds is 4. The standard InChI is InChI=1S/C19H31N3O2/c1-11-13(3)17(14(4)12(2)16(11)20)24-19(5,18(23)21-6)15-7-9-22-10-8-15/h15,22H,7-10,20H2,1-6H3,(H,21,23). The predicted octanol–water partition coefficient (Wildman–Crippen LogP) is 2.39. The van der Waals surface area contributed by atoms with Gasteiger partial charge in [-0.05, 0) is 82.8 Å². The van der Waals surface area contributed by atoms with Crippen LogP contribution in [0.5, 0.6) is 5.75 Å². The average Bonchev–Trinajstić information content (AvgIpc) is 2.61. The van der Waals surface area contributed by atoms with Crippen LogP contribution in [0.1, 0.15) is 42.0 Å². The van der Waals surface area contributed by atoms with Crippen molar-refractivity contribution in [3.63, 3.8) is 0 Å². The minimum atomic E-state index is -0.888. The molecule has 0 aliphatic carbocycles. The van der Waals surface area contributed by atoms with Gasteiger partial charge in [0.25, 0.3) is 5.91 Å². The average molecular weight is 333 g/mol. The summed E-state index contributed by atoms with van der Waals surface area (Å²) in [5.74, 6) is 0.903. The second-order valence-electron chi connectivity index (χ2n) is 7.06. The van der Waals surface area contributed by atoms with Crippen LogP contribution in [0.4, 0.5) is 5.69 Å². The summed E-state index contributed by atoms with van der Waals surface area (Å²) in [5.41, 5.74) is 10.2. The number of benzene rings is 1. The summed E-state index contributed by atoms with van der Waals surface area (Å²) in [7, 11) is 1.67. The van der Waals surface area contributed by atoms with Crippen LogP contribution in [0.25, 0.3) is 0 Å². The fraction of sp³-hybridized carbons (Fsp3) is 0.632. The zero-order valence-electron chi connectivity index (χ0n) is 15.8. The third kappa shape index (κ3) is 3.09. The number of anilines is 1. The van der Waals surface area contributed by atoms with Gasteiger partial charge in [0.05, 0.1) is 0 Å². The molecule has 1 unspecified atom stereocenters. The summed E-state index contributed by atoms with van der Waals surface area (Å²) in [6, 6.07) is 0. The SMILES string of the molecule is CNC(=O)C(C)(Oc1c(C)c(C)c(N)c(C)c1C)C1CCNCC1. The van der Waals surface area contributed by atoms with Gasteiger partial charge in [0.1, 0.15) is 5.75 Å². The molecule has 1 aliphatic heterocycles. The zero-order valence-corrected chi connectivity index (χ0v) is 15.8. The number of hydrogen-bond donors (Lipinski definition) is 3. The maximum absolute atomic E-state index is 12.7. The number of nitrogens with one attached hydrogen (secondary N) is 2. The van der Waals surface area contributed by atoms with E-state index >= 15 is 0 Å². The predicted molar refractivity (Wildman–Crippen MR) is 98.5 cm³/mol. The molecule has 1 amide bonds. The molecule has 1 atom stereocenters. The lowest BCUT2D eigenvalue weighted by atomic mass is 9.81. The molecule has 5 heteroatoms. The van der Waals surface area contributed by atoms with Crippen LogP contribution in [-0.4, -0.2) is 31.6 Å². The minimum Gasteiger partial charge on any atom is -0.477 e. The molecular formula is C19H31N3O2. The number of piperidine rings is 1. The van der Waals surface area contributed by atoms with Crippen molar-refractivity contribution in [2.45, 2.75) is 53.1 Å². The Morgan fingerprint density at radius 2 is 1.62 bits per heavy atom. The molecule has 4 N–H and O–H groups in total. The van der Waals surface area contributed by atoms with Crippen molar-refractivity contribution in [2.75, 3.05) is 25.9 Å². The lowest BCUT2D eigenvalue weighted by Gasteiger charge is -2.39. The Morgan fingerprint density at radius 1 is 1.12 bits per heavy atom. The molecule has 1 saturated heterocycles. The van der Waals surface area contributed by atoms with Gasteiger partial charge in [-0.1, -0.05) is 0 Å². The monoisotopic (exact) mass is 333 g/mol. The summed E-state index contributed by atoms with van der Waals surface area (Å²) in [6.07, 6.45) is 1.85. The van der Waals surface area contributed by atoms with Crippen molar-refractivity contribution in [2.24, 2.45) is 5.92 Å². The molecule has 0 saturated carbocycles. The Hall–Kier alpha value is -1.75. The Kier molecular flexibility index (Phi) is 5.43. The number of ether oxygens (including phenoxy) is 1. The first kappa shape index (κ1) is 18.6. The van der Waals surface area contributed by atoms with E-state index in [0.717, 1.165) is 59.6 Å². The molecule has 1 fully saturated rings. The Balaban J connectivity index is 2.49. The van der Waals surface area contributed by atoms with Crippen LogP contribution in [0.3, 0.4) is 0 Å². The maximum atomic E-state index is 12.7. The third-order valence-electron chi connectivity index (χ3n) is 5.72. The number of amides is 1. The third-order valence-corrected chi connectivity index (χ3v) is 5.72. The number of likely N-dealkylation sites (N-methyl/N-ethyl adjacent to an activating group) is 1. The summed E-state index contributed by atoms with van der Waals surface area (Å²) in [6.45, 7) is 11.8. The molecule has 0 radical (unpaired) electrons. The van der Waals surface area contributed by atoms with E-state index in [0.29, 0.717) is 0 Å². The zero-order chi connectivity index (χ0) is 18.1. The number of nitrogen functional groups attached to an aromatic ring is 1. The Bertz CT molecular complexity index is 607. The van der Waals surface area contributed by atoms with Gasteiger partial charge < -0.3 is 21.1 Å². The summed E-state index contributed by atoms with van der Waals surface area (Å²) in [4.78, 5) is 12.7. The Morgan fingerprint density at radius 3 is 2.08 bits per heavy atom. The molecule has 1 aromatic rings. The quantitative estimate of drug-likeness (QED) is 0.740. The summed E-state index contributed by atoms with van der Waals surface area (Å²) < 4.78 is 6.48. The van der Waals surface area contributed by atoms with Crippen molar-refractivity contribution in [1.82, 2.24) is 10.6 Å². The smallest absolute Gasteiger partial charge is 0.263 e. The number of hydrogen-bond acceptors (Lipinski definition) is 4. The van der Waals surface area contributed by atoms with Gasteiger partial charge >= 0.3 is 0 Å². The van der Waals surface area contributed by atoms with Crippen LogP contribution >= 0.6 is 0 Å². The van der Waals surface area contributed by atoms with Crippen LogP contribution in [0.15, 0.2) is 0 Å². The van der Waals surface area contributed by atoms with E-state index in [1.165, 1.54) is 0 Å². The van der Waals surface area contributed by atoms with E-state index in [1.807, 2.05) is 34.6 Å². The van der Waals surface area contributed by atoms with Gasteiger partial charge in [0, 0.05) is 18.7 Å². The van der Waals surface area contributed by atoms with Gasteiger partial charge in [0.2, 0.25) is 0 Å². The topological polar surface area (TPSA) is 76.4 Å². The number of carbonyl (C=O) groups is 1. The first-order valence-electron chi connectivity index (χ1n) is 8.71. The minimum absolute atomic E-state index is 0.0691. The lowest BCUT2D eigenvalue weighted by Crippen LogP contribution is -2.55. The molecule has 0 spiro atoms. The van der Waals surface area contributed by atoms with Gasteiger partial charge in [-0.3, -0.25) is 4.79 Å². The van der Waals surface area contributed by atoms with E-state index in [-0.39, 0.29) is 11.8 Å². The van der Waals surface area contributed by atoms with Gasteiger partial charge in [0.15, 0.2) is 5.60 Å². The molecule has 0 bridgehead atoms. The fourth-order valence-electron chi connectivity index (χ4n) is 3.61. The van der Waals surface area contributed by atoms with Gasteiger partial charge in [-0.25, -0.2) is 0 Å². The highest BCUT2D eigenvalue weighted by atomic mass is 16.5. The maximum Gasteiger partial charge on any atom is 0.263 e. The van der Waals surface area contributed by atoms with E-state index in [4.69, 9.17) is 10.5 Å². The van der Waals surface area contributed by atoms with Crippen molar-refractivity contribution in [3.05, 3.63) is 22.3 Å². The van der Waals surface area contributed by atoms with Crippen molar-refractivity contribution in [3.8, 4) is 5.75 Å². The van der Waals surface area contributed by atoms with Gasteiger partial charge in [-0.2, -0.15) is 0 Å². The van der Waals surface area contributed by atoms with Crippen molar-refractivity contribution in [1.29, 1.82) is 0 Å². The molecule has 5 nitrogen and oxygen atoms in total. The van der Waals surface area contributed by atoms with E-state index < -0.39 is 5.60 Å². The first-order valence-corrected chi connectivity index (χ1v) is 8.71.